The molecule has 0 saturated heterocycles. The summed E-state index contributed by atoms with van der Waals surface area (Å²) in [6, 6.07) is 2.85. The van der Waals surface area contributed by atoms with Crippen LogP contribution in [0.4, 0.5) is 13.2 Å². The molecule has 0 aliphatic heterocycles. The largest absolute Gasteiger partial charge is 0.493 e. The molecule has 0 aliphatic carbocycles. The molecule has 9 heteroatoms. The lowest BCUT2D eigenvalue weighted by atomic mass is 10.2. The molecule has 1 heterocycles. The Morgan fingerprint density at radius 3 is 1.83 bits per heavy atom. The summed E-state index contributed by atoms with van der Waals surface area (Å²) in [4.78, 5) is 3.46. The van der Waals surface area contributed by atoms with E-state index in [1.54, 1.807) is 0 Å². The number of rotatable bonds is 5. The molecule has 6 nitrogen and oxygen atoms in total. The van der Waals surface area contributed by atoms with Crippen molar-refractivity contribution >= 4 is 0 Å². The smallest absolute Gasteiger partial charge is 0.440 e. The highest BCUT2D eigenvalue weighted by Crippen LogP contribution is 2.43. The minimum absolute atomic E-state index is 0.216. The second kappa shape index (κ2) is 6.27. The van der Waals surface area contributed by atoms with Gasteiger partial charge in [-0.05, 0) is 12.1 Å². The van der Waals surface area contributed by atoms with Gasteiger partial charge in [-0.15, -0.1) is 0 Å². The summed E-state index contributed by atoms with van der Waals surface area (Å²) in [5, 5.41) is 0. The first-order valence-electron chi connectivity index (χ1n) is 6.28. The van der Waals surface area contributed by atoms with Gasteiger partial charge >= 0.3 is 12.1 Å². The maximum atomic E-state index is 12.9. The molecule has 0 atom stereocenters. The van der Waals surface area contributed by atoms with Crippen LogP contribution < -0.4 is 18.9 Å². The number of methoxy groups -OCH3 is 4. The van der Waals surface area contributed by atoms with Gasteiger partial charge in [-0.1, -0.05) is 0 Å². The van der Waals surface area contributed by atoms with E-state index in [-0.39, 0.29) is 23.0 Å². The van der Waals surface area contributed by atoms with Crippen molar-refractivity contribution in [3.63, 3.8) is 0 Å². The molecule has 0 fully saturated rings. The molecule has 0 bridgehead atoms. The highest BCUT2D eigenvalue weighted by Gasteiger charge is 2.40. The van der Waals surface area contributed by atoms with E-state index >= 15 is 0 Å². The average molecular weight is 333 g/mol. The third kappa shape index (κ3) is 3.13. The van der Waals surface area contributed by atoms with Crippen molar-refractivity contribution in [2.45, 2.75) is 6.18 Å². The molecule has 2 rings (SSSR count). The van der Waals surface area contributed by atoms with Crippen molar-refractivity contribution < 1.29 is 36.5 Å². The molecule has 126 valence electrons. The van der Waals surface area contributed by atoms with Crippen LogP contribution in [0.3, 0.4) is 0 Å². The second-order valence-electron chi connectivity index (χ2n) is 4.27. The Hall–Kier alpha value is -2.58. The summed E-state index contributed by atoms with van der Waals surface area (Å²) in [5.74, 6) is -0.192. The number of hydrogen-bond donors (Lipinski definition) is 0. The van der Waals surface area contributed by atoms with Crippen LogP contribution >= 0.6 is 0 Å². The predicted octanol–water partition coefficient (Wildman–Crippen LogP) is 3.39. The van der Waals surface area contributed by atoms with E-state index in [2.05, 4.69) is 9.72 Å². The Morgan fingerprint density at radius 2 is 1.48 bits per heavy atom. The van der Waals surface area contributed by atoms with E-state index in [4.69, 9.17) is 18.6 Å². The number of halogens is 3. The molecule has 1 aromatic carbocycles. The van der Waals surface area contributed by atoms with E-state index in [1.165, 1.54) is 33.5 Å². The Morgan fingerprint density at radius 1 is 0.913 bits per heavy atom. The summed E-state index contributed by atoms with van der Waals surface area (Å²) in [6.07, 6.45) is -4.70. The van der Waals surface area contributed by atoms with Crippen molar-refractivity contribution in [3.05, 3.63) is 17.8 Å². The molecule has 0 unspecified atom stereocenters. The molecule has 0 N–H and O–H groups in total. The molecule has 0 saturated carbocycles. The minimum Gasteiger partial charge on any atom is -0.493 e. The summed E-state index contributed by atoms with van der Waals surface area (Å²) in [7, 11) is 5.25. The van der Waals surface area contributed by atoms with Gasteiger partial charge in [-0.2, -0.15) is 13.2 Å². The third-order valence-corrected chi connectivity index (χ3v) is 2.96. The van der Waals surface area contributed by atoms with Gasteiger partial charge in [-0.25, -0.2) is 4.98 Å². The van der Waals surface area contributed by atoms with Gasteiger partial charge in [0.25, 0.3) is 0 Å². The highest BCUT2D eigenvalue weighted by molar-refractivity contribution is 5.66. The van der Waals surface area contributed by atoms with Crippen LogP contribution in [0.25, 0.3) is 11.5 Å². The minimum atomic E-state index is -4.70. The number of ether oxygens (including phenoxy) is 4. The van der Waals surface area contributed by atoms with Gasteiger partial charge in [0, 0.05) is 5.56 Å². The molecule has 1 aromatic heterocycles. The van der Waals surface area contributed by atoms with Gasteiger partial charge in [0.15, 0.2) is 11.5 Å². The van der Waals surface area contributed by atoms with Crippen molar-refractivity contribution in [3.8, 4) is 34.6 Å². The van der Waals surface area contributed by atoms with Crippen LogP contribution in [-0.4, -0.2) is 33.4 Å². The average Bonchev–Trinajstić information content (AvgIpc) is 2.97. The van der Waals surface area contributed by atoms with E-state index < -0.39 is 17.8 Å². The zero-order valence-electron chi connectivity index (χ0n) is 12.8. The van der Waals surface area contributed by atoms with Gasteiger partial charge in [-0.3, -0.25) is 0 Å². The lowest BCUT2D eigenvalue weighted by Crippen LogP contribution is -2.07. The predicted molar refractivity (Wildman–Crippen MR) is 73.1 cm³/mol. The van der Waals surface area contributed by atoms with Crippen molar-refractivity contribution in [1.29, 1.82) is 0 Å². The molecule has 0 aliphatic rings. The van der Waals surface area contributed by atoms with Gasteiger partial charge < -0.3 is 23.4 Å². The Kier molecular flexibility index (Phi) is 4.57. The number of aromatic nitrogens is 1. The first kappa shape index (κ1) is 16.8. The summed E-state index contributed by atoms with van der Waals surface area (Å²) < 4.78 is 63.8. The van der Waals surface area contributed by atoms with E-state index in [0.717, 1.165) is 7.11 Å². The first-order chi connectivity index (χ1) is 10.8. The third-order valence-electron chi connectivity index (χ3n) is 2.96. The Balaban J connectivity index is 2.61. The quantitative estimate of drug-likeness (QED) is 0.836. The number of oxazole rings is 1. The molecule has 23 heavy (non-hydrogen) atoms. The van der Waals surface area contributed by atoms with Crippen molar-refractivity contribution in [1.82, 2.24) is 4.98 Å². The number of hydrogen-bond acceptors (Lipinski definition) is 6. The lowest BCUT2D eigenvalue weighted by Gasteiger charge is -2.12. The summed E-state index contributed by atoms with van der Waals surface area (Å²) in [6.45, 7) is 0. The maximum absolute atomic E-state index is 12.9. The summed E-state index contributed by atoms with van der Waals surface area (Å²) in [5.41, 5.74) is -1.03. The van der Waals surface area contributed by atoms with Crippen molar-refractivity contribution in [2.75, 3.05) is 28.4 Å². The van der Waals surface area contributed by atoms with Crippen molar-refractivity contribution in [2.24, 2.45) is 0 Å². The van der Waals surface area contributed by atoms with E-state index in [1.807, 2.05) is 0 Å². The zero-order valence-corrected chi connectivity index (χ0v) is 12.8. The summed E-state index contributed by atoms with van der Waals surface area (Å²) >= 11 is 0. The fourth-order valence-electron chi connectivity index (χ4n) is 1.95. The Labute approximate surface area is 129 Å². The number of alkyl halides is 3. The van der Waals surface area contributed by atoms with Gasteiger partial charge in [0.2, 0.25) is 17.3 Å². The lowest BCUT2D eigenvalue weighted by molar-refractivity contribution is -0.142. The fourth-order valence-corrected chi connectivity index (χ4v) is 1.95. The van der Waals surface area contributed by atoms with E-state index in [9.17, 15) is 13.2 Å². The number of benzene rings is 1. The monoisotopic (exact) mass is 333 g/mol. The molecule has 0 radical (unpaired) electrons. The first-order valence-corrected chi connectivity index (χ1v) is 6.28. The Bertz CT molecular complexity index is 671. The van der Waals surface area contributed by atoms with Crippen LogP contribution in [0.15, 0.2) is 16.5 Å². The SMILES string of the molecule is COc1cc(-c2nc(C(F)(F)F)c(OC)o2)cc(OC)c1OC. The van der Waals surface area contributed by atoms with Crippen LogP contribution in [-0.2, 0) is 6.18 Å². The fraction of sp³-hybridized carbons (Fsp3) is 0.357. The molecule has 2 aromatic rings. The van der Waals surface area contributed by atoms with Crippen LogP contribution in [0.2, 0.25) is 0 Å². The molecular formula is C14H14F3NO5. The van der Waals surface area contributed by atoms with E-state index in [0.29, 0.717) is 5.75 Å². The highest BCUT2D eigenvalue weighted by atomic mass is 19.4. The standard InChI is InChI=1S/C14H14F3NO5/c1-19-8-5-7(6-9(20-2)10(8)21-3)12-18-11(14(15,16)17)13(22-4)23-12/h5-6H,1-4H3. The van der Waals surface area contributed by atoms with Crippen LogP contribution in [0.5, 0.6) is 23.2 Å². The number of nitrogens with zero attached hydrogens (tertiary/aromatic N) is 1. The van der Waals surface area contributed by atoms with Gasteiger partial charge in [0.05, 0.1) is 28.4 Å². The van der Waals surface area contributed by atoms with Crippen LogP contribution in [0, 0.1) is 0 Å². The zero-order chi connectivity index (χ0) is 17.2. The van der Waals surface area contributed by atoms with Crippen LogP contribution in [0.1, 0.15) is 5.69 Å². The maximum Gasteiger partial charge on any atom is 0.440 e. The topological polar surface area (TPSA) is 63.0 Å². The van der Waals surface area contributed by atoms with Gasteiger partial charge in [0.1, 0.15) is 0 Å². The molecule has 0 spiro atoms. The normalized spacial score (nSPS) is 11.3. The molecule has 0 amide bonds. The molecular weight excluding hydrogens is 319 g/mol. The second-order valence-corrected chi connectivity index (χ2v) is 4.27.